The lowest BCUT2D eigenvalue weighted by Crippen LogP contribution is -2.54. The maximum atomic E-state index is 13.0. The highest BCUT2D eigenvalue weighted by Gasteiger charge is 2.45. The molecule has 0 aliphatic carbocycles. The molecule has 2 fully saturated rings. The summed E-state index contributed by atoms with van der Waals surface area (Å²) in [5.74, 6) is -1.34. The lowest BCUT2D eigenvalue weighted by molar-refractivity contribution is -0.136. The van der Waals surface area contributed by atoms with Crippen LogP contribution in [0, 0.1) is 5.92 Å². The molecule has 0 radical (unpaired) electrons. The molecule has 1 aromatic carbocycles. The van der Waals surface area contributed by atoms with Gasteiger partial charge in [-0.2, -0.15) is 0 Å². The number of piperidine rings is 1. The van der Waals surface area contributed by atoms with E-state index in [-0.39, 0.29) is 18.7 Å². The Kier molecular flexibility index (Phi) is 4.53. The van der Waals surface area contributed by atoms with Gasteiger partial charge in [-0.15, -0.1) is 0 Å². The minimum Gasteiger partial charge on any atom is -0.316 e. The van der Waals surface area contributed by atoms with E-state index in [4.69, 9.17) is 0 Å². The van der Waals surface area contributed by atoms with Crippen LogP contribution >= 0.6 is 0 Å². The van der Waals surface area contributed by atoms with Gasteiger partial charge in [-0.3, -0.25) is 29.4 Å². The fourth-order valence-corrected chi connectivity index (χ4v) is 3.83. The molecule has 4 amide bonds. The Morgan fingerprint density at radius 1 is 1.19 bits per heavy atom. The van der Waals surface area contributed by atoms with Crippen LogP contribution in [0.5, 0.6) is 0 Å². The van der Waals surface area contributed by atoms with Crippen LogP contribution in [-0.2, 0) is 16.1 Å². The van der Waals surface area contributed by atoms with Crippen molar-refractivity contribution in [3.8, 4) is 0 Å². The lowest BCUT2D eigenvalue weighted by atomic mass is 9.94. The third-order valence-corrected chi connectivity index (χ3v) is 5.69. The number of fused-ring (bicyclic) bond motifs is 1. The Morgan fingerprint density at radius 3 is 2.63 bits per heavy atom. The number of carbonyl (C=O) groups is 4. The second-order valence-corrected chi connectivity index (χ2v) is 7.37. The Balaban J connectivity index is 1.55. The highest BCUT2D eigenvalue weighted by molar-refractivity contribution is 6.24. The molecule has 0 spiro atoms. The van der Waals surface area contributed by atoms with Crippen molar-refractivity contribution in [1.29, 1.82) is 0 Å². The van der Waals surface area contributed by atoms with Gasteiger partial charge in [-0.25, -0.2) is 0 Å². The maximum Gasteiger partial charge on any atom is 0.262 e. The SMILES string of the molecule is C[C@H](NCc1cccc2c1C(=O)N(C1CCC(=O)NC1=O)C2=O)C1CNC1. The van der Waals surface area contributed by atoms with E-state index in [0.29, 0.717) is 29.6 Å². The third-order valence-electron chi connectivity index (χ3n) is 5.69. The Hall–Kier alpha value is -2.58. The summed E-state index contributed by atoms with van der Waals surface area (Å²) < 4.78 is 0. The summed E-state index contributed by atoms with van der Waals surface area (Å²) in [6.45, 7) is 4.53. The van der Waals surface area contributed by atoms with E-state index < -0.39 is 23.8 Å². The van der Waals surface area contributed by atoms with Crippen molar-refractivity contribution >= 4 is 23.6 Å². The zero-order valence-corrected chi connectivity index (χ0v) is 15.1. The van der Waals surface area contributed by atoms with Crippen molar-refractivity contribution in [1.82, 2.24) is 20.9 Å². The van der Waals surface area contributed by atoms with Crippen LogP contribution in [0.4, 0.5) is 0 Å². The second-order valence-electron chi connectivity index (χ2n) is 7.37. The molecule has 1 aromatic rings. The summed E-state index contributed by atoms with van der Waals surface area (Å²) in [7, 11) is 0. The molecule has 4 rings (SSSR count). The zero-order chi connectivity index (χ0) is 19.1. The highest BCUT2D eigenvalue weighted by Crippen LogP contribution is 2.30. The van der Waals surface area contributed by atoms with E-state index in [1.54, 1.807) is 12.1 Å². The van der Waals surface area contributed by atoms with Crippen molar-refractivity contribution in [2.24, 2.45) is 5.92 Å². The quantitative estimate of drug-likeness (QED) is 0.619. The summed E-state index contributed by atoms with van der Waals surface area (Å²) in [6, 6.07) is 4.56. The smallest absolute Gasteiger partial charge is 0.262 e. The molecule has 3 N–H and O–H groups in total. The molecule has 27 heavy (non-hydrogen) atoms. The molecular weight excluding hydrogens is 348 g/mol. The number of imide groups is 2. The maximum absolute atomic E-state index is 13.0. The molecule has 2 atom stereocenters. The van der Waals surface area contributed by atoms with Crippen molar-refractivity contribution in [2.45, 2.75) is 38.4 Å². The van der Waals surface area contributed by atoms with Gasteiger partial charge in [0.15, 0.2) is 0 Å². The average molecular weight is 370 g/mol. The van der Waals surface area contributed by atoms with Gasteiger partial charge in [0.05, 0.1) is 11.1 Å². The van der Waals surface area contributed by atoms with Crippen LogP contribution in [0.25, 0.3) is 0 Å². The minimum atomic E-state index is -0.934. The normalized spacial score (nSPS) is 23.9. The third kappa shape index (κ3) is 3.04. The van der Waals surface area contributed by atoms with Crippen molar-refractivity contribution in [2.75, 3.05) is 13.1 Å². The Bertz CT molecular complexity index is 833. The van der Waals surface area contributed by atoms with Crippen LogP contribution in [0.3, 0.4) is 0 Å². The van der Waals surface area contributed by atoms with Crippen molar-refractivity contribution < 1.29 is 19.2 Å². The van der Waals surface area contributed by atoms with Crippen LogP contribution in [0.1, 0.15) is 46.0 Å². The molecule has 3 aliphatic heterocycles. The molecule has 8 nitrogen and oxygen atoms in total. The van der Waals surface area contributed by atoms with Crippen molar-refractivity contribution in [3.05, 3.63) is 34.9 Å². The summed E-state index contributed by atoms with van der Waals surface area (Å²) in [6.07, 6.45) is 0.278. The van der Waals surface area contributed by atoms with Gasteiger partial charge in [0, 0.05) is 32.1 Å². The number of nitrogens with one attached hydrogen (secondary N) is 3. The molecule has 0 aromatic heterocycles. The van der Waals surface area contributed by atoms with Gasteiger partial charge in [0.1, 0.15) is 6.04 Å². The monoisotopic (exact) mass is 370 g/mol. The fraction of sp³-hybridized carbons (Fsp3) is 0.474. The van der Waals surface area contributed by atoms with E-state index in [0.717, 1.165) is 23.6 Å². The summed E-state index contributed by atoms with van der Waals surface area (Å²) >= 11 is 0. The van der Waals surface area contributed by atoms with E-state index in [2.05, 4.69) is 22.9 Å². The van der Waals surface area contributed by atoms with E-state index in [9.17, 15) is 19.2 Å². The van der Waals surface area contributed by atoms with Crippen LogP contribution < -0.4 is 16.0 Å². The Morgan fingerprint density at radius 2 is 1.96 bits per heavy atom. The number of rotatable bonds is 5. The number of nitrogens with zero attached hydrogens (tertiary/aromatic N) is 1. The highest BCUT2D eigenvalue weighted by atomic mass is 16.2. The fourth-order valence-electron chi connectivity index (χ4n) is 3.83. The first kappa shape index (κ1) is 17.8. The summed E-state index contributed by atoms with van der Waals surface area (Å²) in [4.78, 5) is 50.3. The molecular formula is C19H22N4O4. The molecule has 3 aliphatic rings. The first-order chi connectivity index (χ1) is 13.0. The summed E-state index contributed by atoms with van der Waals surface area (Å²) in [5, 5.41) is 8.88. The predicted molar refractivity (Wildman–Crippen MR) is 95.8 cm³/mol. The van der Waals surface area contributed by atoms with E-state index in [1.165, 1.54) is 0 Å². The van der Waals surface area contributed by atoms with Gasteiger partial charge < -0.3 is 10.6 Å². The van der Waals surface area contributed by atoms with Crippen LogP contribution in [0.15, 0.2) is 18.2 Å². The molecule has 0 bridgehead atoms. The van der Waals surface area contributed by atoms with Gasteiger partial charge in [-0.1, -0.05) is 12.1 Å². The first-order valence-corrected chi connectivity index (χ1v) is 9.25. The van der Waals surface area contributed by atoms with Gasteiger partial charge in [-0.05, 0) is 30.9 Å². The summed E-state index contributed by atoms with van der Waals surface area (Å²) in [5.41, 5.74) is 1.43. The van der Waals surface area contributed by atoms with Gasteiger partial charge in [0.2, 0.25) is 11.8 Å². The van der Waals surface area contributed by atoms with Crippen LogP contribution in [0.2, 0.25) is 0 Å². The van der Waals surface area contributed by atoms with Gasteiger partial charge >= 0.3 is 0 Å². The van der Waals surface area contributed by atoms with Crippen LogP contribution in [-0.4, -0.2) is 53.7 Å². The molecule has 142 valence electrons. The molecule has 3 heterocycles. The zero-order valence-electron chi connectivity index (χ0n) is 15.1. The van der Waals surface area contributed by atoms with Gasteiger partial charge in [0.25, 0.3) is 11.8 Å². The largest absolute Gasteiger partial charge is 0.316 e. The number of amides is 4. The molecule has 8 heteroatoms. The predicted octanol–water partition coefficient (Wildman–Crippen LogP) is -0.215. The van der Waals surface area contributed by atoms with E-state index >= 15 is 0 Å². The molecule has 1 unspecified atom stereocenters. The topological polar surface area (TPSA) is 108 Å². The molecule has 2 saturated heterocycles. The average Bonchev–Trinajstić information content (AvgIpc) is 2.84. The number of benzene rings is 1. The number of hydrogen-bond acceptors (Lipinski definition) is 6. The minimum absolute atomic E-state index is 0.116. The lowest BCUT2D eigenvalue weighted by Gasteiger charge is -2.33. The van der Waals surface area contributed by atoms with E-state index in [1.807, 2.05) is 6.07 Å². The Labute approximate surface area is 156 Å². The number of hydrogen-bond donors (Lipinski definition) is 3. The molecule has 0 saturated carbocycles. The standard InChI is InChI=1S/C19H22N4O4/c1-10(12-7-20-8-12)21-9-11-3-2-4-13-16(11)19(27)23(18(13)26)14-5-6-15(24)22-17(14)25/h2-4,10,12,14,20-21H,5-9H2,1H3,(H,22,24,25)/t10-,14?/m0/s1. The second kappa shape index (κ2) is 6.86. The first-order valence-electron chi connectivity index (χ1n) is 9.25. The van der Waals surface area contributed by atoms with Crippen molar-refractivity contribution in [3.63, 3.8) is 0 Å². The number of carbonyl (C=O) groups excluding carboxylic acids is 4.